The average molecular weight is 289 g/mol. The van der Waals surface area contributed by atoms with Crippen molar-refractivity contribution in [2.45, 2.75) is 45.6 Å². The van der Waals surface area contributed by atoms with Gasteiger partial charge in [0.25, 0.3) is 0 Å². The van der Waals surface area contributed by atoms with Crippen LogP contribution in [0.4, 0.5) is 0 Å². The Kier molecular flexibility index (Phi) is 7.02. The fourth-order valence-electron chi connectivity index (χ4n) is 2.45. The Labute approximate surface area is 120 Å². The number of nitrogens with one attached hydrogen (secondary N) is 1. The van der Waals surface area contributed by atoms with Gasteiger partial charge in [-0.1, -0.05) is 49.9 Å². The van der Waals surface area contributed by atoms with E-state index in [1.165, 1.54) is 0 Å². The van der Waals surface area contributed by atoms with E-state index in [4.69, 9.17) is 29.0 Å². The lowest BCUT2D eigenvalue weighted by molar-refractivity contribution is 0.319. The van der Waals surface area contributed by atoms with Crippen molar-refractivity contribution in [1.29, 1.82) is 0 Å². The molecular formula is C14H22Cl2N2. The van der Waals surface area contributed by atoms with Crippen molar-refractivity contribution in [3.8, 4) is 0 Å². The fraction of sp³-hybridized carbons (Fsp3) is 0.571. The fourth-order valence-corrected chi connectivity index (χ4v) is 2.87. The molecule has 0 aliphatic heterocycles. The normalized spacial score (nSPS) is 13.0. The van der Waals surface area contributed by atoms with Crippen molar-refractivity contribution >= 4 is 23.2 Å². The number of halogens is 2. The number of benzene rings is 1. The average Bonchev–Trinajstić information content (AvgIpc) is 2.35. The molecule has 4 heteroatoms. The quantitative estimate of drug-likeness (QED) is 0.563. The minimum absolute atomic E-state index is 0.0658. The van der Waals surface area contributed by atoms with Gasteiger partial charge in [0.15, 0.2) is 0 Å². The van der Waals surface area contributed by atoms with Gasteiger partial charge in [-0.05, 0) is 42.5 Å². The van der Waals surface area contributed by atoms with E-state index in [2.05, 4.69) is 19.3 Å². The highest BCUT2D eigenvalue weighted by atomic mass is 35.5. The largest absolute Gasteiger partial charge is 0.271 e. The molecule has 0 fully saturated rings. The zero-order valence-electron chi connectivity index (χ0n) is 11.0. The van der Waals surface area contributed by atoms with Gasteiger partial charge in [-0.15, -0.1) is 0 Å². The molecule has 102 valence electrons. The summed E-state index contributed by atoms with van der Waals surface area (Å²) < 4.78 is 0. The van der Waals surface area contributed by atoms with Gasteiger partial charge in [0.05, 0.1) is 6.04 Å². The van der Waals surface area contributed by atoms with Gasteiger partial charge in [0, 0.05) is 10.0 Å². The van der Waals surface area contributed by atoms with Crippen molar-refractivity contribution in [2.75, 3.05) is 0 Å². The van der Waals surface area contributed by atoms with Crippen LogP contribution in [0.5, 0.6) is 0 Å². The third kappa shape index (κ3) is 4.13. The lowest BCUT2D eigenvalue weighted by Crippen LogP contribution is -2.34. The molecule has 1 atom stereocenters. The van der Waals surface area contributed by atoms with Crippen molar-refractivity contribution in [1.82, 2.24) is 5.43 Å². The second-order valence-corrected chi connectivity index (χ2v) is 5.49. The van der Waals surface area contributed by atoms with Gasteiger partial charge < -0.3 is 0 Å². The molecule has 0 amide bonds. The zero-order chi connectivity index (χ0) is 13.5. The van der Waals surface area contributed by atoms with E-state index in [-0.39, 0.29) is 6.04 Å². The first-order chi connectivity index (χ1) is 8.63. The highest BCUT2D eigenvalue weighted by molar-refractivity contribution is 6.33. The maximum absolute atomic E-state index is 6.26. The zero-order valence-corrected chi connectivity index (χ0v) is 12.6. The molecule has 3 N–H and O–H groups in total. The van der Waals surface area contributed by atoms with Crippen LogP contribution >= 0.6 is 23.2 Å². The summed E-state index contributed by atoms with van der Waals surface area (Å²) in [5.74, 6) is 6.22. The summed E-state index contributed by atoms with van der Waals surface area (Å²) in [6, 6.07) is 5.61. The molecule has 0 aromatic heterocycles. The van der Waals surface area contributed by atoms with E-state index >= 15 is 0 Å². The predicted octanol–water partition coefficient (Wildman–Crippen LogP) is 4.71. The molecule has 0 radical (unpaired) electrons. The van der Waals surface area contributed by atoms with Gasteiger partial charge in [0.1, 0.15) is 0 Å². The monoisotopic (exact) mass is 288 g/mol. The predicted molar refractivity (Wildman–Crippen MR) is 79.8 cm³/mol. The minimum atomic E-state index is 0.0658. The van der Waals surface area contributed by atoms with E-state index in [9.17, 15) is 0 Å². The Morgan fingerprint density at radius 1 is 1.17 bits per heavy atom. The van der Waals surface area contributed by atoms with Gasteiger partial charge in [-0.2, -0.15) is 0 Å². The summed E-state index contributed by atoms with van der Waals surface area (Å²) in [6.07, 6.45) is 4.54. The first kappa shape index (κ1) is 15.8. The van der Waals surface area contributed by atoms with E-state index < -0.39 is 0 Å². The maximum atomic E-state index is 6.26. The van der Waals surface area contributed by atoms with Gasteiger partial charge in [-0.3, -0.25) is 11.3 Å². The molecule has 0 spiro atoms. The van der Waals surface area contributed by atoms with Crippen LogP contribution < -0.4 is 11.3 Å². The number of hydrazine groups is 1. The molecule has 0 bridgehead atoms. The molecule has 1 rings (SSSR count). The lowest BCUT2D eigenvalue weighted by atomic mass is 9.86. The van der Waals surface area contributed by atoms with E-state index in [1.54, 1.807) is 6.07 Å². The van der Waals surface area contributed by atoms with Gasteiger partial charge >= 0.3 is 0 Å². The number of hydrogen-bond donors (Lipinski definition) is 2. The molecule has 2 nitrogen and oxygen atoms in total. The summed E-state index contributed by atoms with van der Waals surface area (Å²) in [6.45, 7) is 4.38. The Balaban J connectivity index is 3.01. The van der Waals surface area contributed by atoms with E-state index in [0.717, 1.165) is 36.3 Å². The molecule has 0 aliphatic rings. The third-order valence-electron chi connectivity index (χ3n) is 3.26. The minimum Gasteiger partial charge on any atom is -0.271 e. The Morgan fingerprint density at radius 2 is 1.78 bits per heavy atom. The van der Waals surface area contributed by atoms with Crippen molar-refractivity contribution in [2.24, 2.45) is 11.8 Å². The lowest BCUT2D eigenvalue weighted by Gasteiger charge is -2.27. The van der Waals surface area contributed by atoms with E-state index in [0.29, 0.717) is 10.9 Å². The Morgan fingerprint density at radius 3 is 2.28 bits per heavy atom. The molecular weight excluding hydrogens is 267 g/mol. The summed E-state index contributed by atoms with van der Waals surface area (Å²) in [4.78, 5) is 0. The van der Waals surface area contributed by atoms with Crippen molar-refractivity contribution in [3.63, 3.8) is 0 Å². The number of rotatable bonds is 7. The van der Waals surface area contributed by atoms with Crippen LogP contribution in [0.15, 0.2) is 18.2 Å². The highest BCUT2D eigenvalue weighted by Crippen LogP contribution is 2.34. The van der Waals surface area contributed by atoms with Crippen LogP contribution in [0.1, 0.15) is 51.1 Å². The Bertz CT molecular complexity index is 363. The second-order valence-electron chi connectivity index (χ2n) is 4.65. The SMILES string of the molecule is CCCC(CCC)C(NN)c1cc(Cl)ccc1Cl. The standard InChI is InChI=1S/C14H22Cl2N2/c1-3-5-10(6-4-2)14(18-17)12-9-11(15)7-8-13(12)16/h7-10,14,18H,3-6,17H2,1-2H3. The van der Waals surface area contributed by atoms with Crippen molar-refractivity contribution < 1.29 is 0 Å². The number of hydrogen-bond acceptors (Lipinski definition) is 2. The third-order valence-corrected chi connectivity index (χ3v) is 3.84. The molecule has 0 saturated carbocycles. The van der Waals surface area contributed by atoms with Crippen LogP contribution in [0, 0.1) is 5.92 Å². The van der Waals surface area contributed by atoms with Crippen LogP contribution in [-0.4, -0.2) is 0 Å². The molecule has 0 aliphatic carbocycles. The summed E-state index contributed by atoms with van der Waals surface area (Å²) in [5.41, 5.74) is 3.91. The first-order valence-electron chi connectivity index (χ1n) is 6.55. The van der Waals surface area contributed by atoms with Crippen LogP contribution in [0.3, 0.4) is 0 Å². The molecule has 0 heterocycles. The van der Waals surface area contributed by atoms with Crippen LogP contribution in [-0.2, 0) is 0 Å². The molecule has 1 unspecified atom stereocenters. The molecule has 18 heavy (non-hydrogen) atoms. The summed E-state index contributed by atoms with van der Waals surface area (Å²) >= 11 is 12.3. The second kappa shape index (κ2) is 8.00. The first-order valence-corrected chi connectivity index (χ1v) is 7.30. The number of nitrogens with two attached hydrogens (primary N) is 1. The van der Waals surface area contributed by atoms with Crippen LogP contribution in [0.2, 0.25) is 10.0 Å². The molecule has 1 aromatic carbocycles. The van der Waals surface area contributed by atoms with Crippen LogP contribution in [0.25, 0.3) is 0 Å². The van der Waals surface area contributed by atoms with E-state index in [1.807, 2.05) is 12.1 Å². The topological polar surface area (TPSA) is 38.0 Å². The summed E-state index contributed by atoms with van der Waals surface area (Å²) in [5, 5.41) is 1.42. The molecule has 1 aromatic rings. The van der Waals surface area contributed by atoms with Gasteiger partial charge in [-0.25, -0.2) is 0 Å². The smallest absolute Gasteiger partial charge is 0.0503 e. The highest BCUT2D eigenvalue weighted by Gasteiger charge is 2.23. The Hall–Kier alpha value is -0.280. The van der Waals surface area contributed by atoms with Crippen molar-refractivity contribution in [3.05, 3.63) is 33.8 Å². The van der Waals surface area contributed by atoms with Gasteiger partial charge in [0.2, 0.25) is 0 Å². The molecule has 0 saturated heterocycles. The summed E-state index contributed by atoms with van der Waals surface area (Å²) in [7, 11) is 0. The maximum Gasteiger partial charge on any atom is 0.0503 e.